The Kier molecular flexibility index (Phi) is 5.55. The number of anilines is 2. The van der Waals surface area contributed by atoms with E-state index in [4.69, 9.17) is 16.3 Å². The first kappa shape index (κ1) is 19.8. The van der Waals surface area contributed by atoms with Crippen LogP contribution in [0.15, 0.2) is 47.4 Å². The van der Waals surface area contributed by atoms with Gasteiger partial charge in [0.15, 0.2) is 0 Å². The monoisotopic (exact) mass is 420 g/mol. The van der Waals surface area contributed by atoms with Crippen molar-refractivity contribution in [1.29, 1.82) is 0 Å². The quantitative estimate of drug-likeness (QED) is 0.812. The second-order valence-corrected chi connectivity index (χ2v) is 7.89. The van der Waals surface area contributed by atoms with E-state index in [1.807, 2.05) is 4.90 Å². The van der Waals surface area contributed by atoms with Crippen molar-refractivity contribution in [1.82, 2.24) is 0 Å². The fraction of sp³-hybridized carbons (Fsp3) is 0.294. The summed E-state index contributed by atoms with van der Waals surface area (Å²) >= 11 is 6.24. The molecule has 1 saturated heterocycles. The Morgan fingerprint density at radius 2 is 1.70 bits per heavy atom. The van der Waals surface area contributed by atoms with E-state index in [1.165, 1.54) is 18.2 Å². The minimum Gasteiger partial charge on any atom is -0.378 e. The summed E-state index contributed by atoms with van der Waals surface area (Å²) in [5.41, 5.74) is -0.704. The number of benzene rings is 2. The number of morpholine rings is 1. The largest absolute Gasteiger partial charge is 0.417 e. The van der Waals surface area contributed by atoms with Crippen LogP contribution >= 0.6 is 11.6 Å². The van der Waals surface area contributed by atoms with Gasteiger partial charge in [0.25, 0.3) is 10.0 Å². The first-order valence-electron chi connectivity index (χ1n) is 8.00. The Balaban J connectivity index is 2.02. The van der Waals surface area contributed by atoms with Crippen LogP contribution in [0.25, 0.3) is 0 Å². The molecule has 1 fully saturated rings. The number of alkyl halides is 3. The van der Waals surface area contributed by atoms with Gasteiger partial charge < -0.3 is 9.64 Å². The van der Waals surface area contributed by atoms with Gasteiger partial charge in [0.2, 0.25) is 0 Å². The molecule has 1 aliphatic heterocycles. The van der Waals surface area contributed by atoms with Crippen LogP contribution in [0, 0.1) is 0 Å². The number of sulfonamides is 1. The van der Waals surface area contributed by atoms with Gasteiger partial charge in [-0.25, -0.2) is 8.42 Å². The number of hydrogen-bond donors (Lipinski definition) is 1. The summed E-state index contributed by atoms with van der Waals surface area (Å²) in [5.74, 6) is 0. The molecule has 1 heterocycles. The first-order valence-corrected chi connectivity index (χ1v) is 9.86. The van der Waals surface area contributed by atoms with Crippen LogP contribution in [0.5, 0.6) is 0 Å². The Bertz CT molecular complexity index is 929. The molecule has 3 rings (SSSR count). The maximum atomic E-state index is 13.2. The third-order valence-electron chi connectivity index (χ3n) is 4.04. The van der Waals surface area contributed by atoms with Crippen molar-refractivity contribution in [3.05, 3.63) is 53.1 Å². The molecule has 27 heavy (non-hydrogen) atoms. The molecular weight excluding hydrogens is 405 g/mol. The molecule has 0 amide bonds. The number of halogens is 4. The van der Waals surface area contributed by atoms with Gasteiger partial charge in [0.05, 0.1) is 40.1 Å². The molecule has 0 radical (unpaired) electrons. The Morgan fingerprint density at radius 3 is 2.37 bits per heavy atom. The van der Waals surface area contributed by atoms with E-state index in [9.17, 15) is 21.6 Å². The highest BCUT2D eigenvalue weighted by Gasteiger charge is 2.37. The lowest BCUT2D eigenvalue weighted by molar-refractivity contribution is -0.139. The van der Waals surface area contributed by atoms with Crippen LogP contribution < -0.4 is 9.62 Å². The lowest BCUT2D eigenvalue weighted by Gasteiger charge is -2.31. The van der Waals surface area contributed by atoms with Crippen molar-refractivity contribution in [3.8, 4) is 0 Å². The second-order valence-electron chi connectivity index (χ2n) is 5.83. The predicted molar refractivity (Wildman–Crippen MR) is 96.7 cm³/mol. The highest BCUT2D eigenvalue weighted by Crippen LogP contribution is 2.38. The zero-order chi connectivity index (χ0) is 19.7. The van der Waals surface area contributed by atoms with E-state index in [1.54, 1.807) is 6.07 Å². The van der Waals surface area contributed by atoms with Gasteiger partial charge in [-0.05, 0) is 24.3 Å². The van der Waals surface area contributed by atoms with Crippen LogP contribution in [-0.4, -0.2) is 34.7 Å². The lowest BCUT2D eigenvalue weighted by atomic mass is 10.2. The number of para-hydroxylation sites is 1. The van der Waals surface area contributed by atoms with Crippen LogP contribution in [0.2, 0.25) is 5.02 Å². The zero-order valence-electron chi connectivity index (χ0n) is 14.0. The molecule has 0 bridgehead atoms. The van der Waals surface area contributed by atoms with Crippen LogP contribution in [-0.2, 0) is 20.9 Å². The molecule has 0 atom stereocenters. The standard InChI is InChI=1S/C17H16ClF3N2O3S/c18-13-5-3-6-14(16(13)23-8-10-26-11-9-23)22-27(24,25)15-7-2-1-4-12(15)17(19,20)21/h1-7,22H,8-11H2. The van der Waals surface area contributed by atoms with Crippen LogP contribution in [0.1, 0.15) is 5.56 Å². The summed E-state index contributed by atoms with van der Waals surface area (Å²) in [5, 5.41) is 0.293. The summed E-state index contributed by atoms with van der Waals surface area (Å²) in [6, 6.07) is 8.61. The van der Waals surface area contributed by atoms with Gasteiger partial charge in [-0.1, -0.05) is 29.8 Å². The predicted octanol–water partition coefficient (Wildman–Crippen LogP) is 4.00. The first-order chi connectivity index (χ1) is 12.7. The molecule has 2 aromatic carbocycles. The van der Waals surface area contributed by atoms with Gasteiger partial charge in [0.1, 0.15) is 0 Å². The van der Waals surface area contributed by atoms with Gasteiger partial charge in [-0.15, -0.1) is 0 Å². The Morgan fingerprint density at radius 1 is 1.04 bits per heavy atom. The maximum absolute atomic E-state index is 13.2. The second kappa shape index (κ2) is 7.57. The highest BCUT2D eigenvalue weighted by molar-refractivity contribution is 7.92. The minimum atomic E-state index is -4.80. The molecule has 10 heteroatoms. The average Bonchev–Trinajstić information content (AvgIpc) is 2.61. The van der Waals surface area contributed by atoms with Gasteiger partial charge >= 0.3 is 6.18 Å². The molecule has 0 spiro atoms. The summed E-state index contributed by atoms with van der Waals surface area (Å²) < 4.78 is 72.6. The highest BCUT2D eigenvalue weighted by atomic mass is 35.5. The van der Waals surface area contributed by atoms with E-state index in [-0.39, 0.29) is 5.69 Å². The normalized spacial score (nSPS) is 15.6. The molecule has 2 aromatic rings. The van der Waals surface area contributed by atoms with Crippen molar-refractivity contribution < 1.29 is 26.3 Å². The molecule has 0 saturated carbocycles. The van der Waals surface area contributed by atoms with E-state index < -0.39 is 26.7 Å². The van der Waals surface area contributed by atoms with Crippen molar-refractivity contribution >= 4 is 33.0 Å². The number of ether oxygens (including phenoxy) is 1. The summed E-state index contributed by atoms with van der Waals surface area (Å²) in [6.07, 6.45) is -4.80. The number of hydrogen-bond acceptors (Lipinski definition) is 4. The maximum Gasteiger partial charge on any atom is 0.417 e. The third kappa shape index (κ3) is 4.31. The molecule has 146 valence electrons. The topological polar surface area (TPSA) is 58.6 Å². The van der Waals surface area contributed by atoms with Gasteiger partial charge in [-0.3, -0.25) is 4.72 Å². The number of rotatable bonds is 4. The summed E-state index contributed by atoms with van der Waals surface area (Å²) in [6.45, 7) is 1.85. The SMILES string of the molecule is O=S(=O)(Nc1cccc(Cl)c1N1CCOCC1)c1ccccc1C(F)(F)F. The average molecular weight is 421 g/mol. The van der Waals surface area contributed by atoms with E-state index in [0.29, 0.717) is 37.0 Å². The van der Waals surface area contributed by atoms with E-state index in [2.05, 4.69) is 4.72 Å². The Hall–Kier alpha value is -1.97. The summed E-state index contributed by atoms with van der Waals surface area (Å²) in [4.78, 5) is 0.990. The smallest absolute Gasteiger partial charge is 0.378 e. The van der Waals surface area contributed by atoms with Crippen LogP contribution in [0.3, 0.4) is 0 Å². The molecule has 0 aliphatic carbocycles. The molecule has 5 nitrogen and oxygen atoms in total. The Labute approximate surface area is 159 Å². The van der Waals surface area contributed by atoms with E-state index in [0.717, 1.165) is 18.2 Å². The molecule has 1 N–H and O–H groups in total. The van der Waals surface area contributed by atoms with Gasteiger partial charge in [0, 0.05) is 13.1 Å². The van der Waals surface area contributed by atoms with Crippen molar-refractivity contribution in [3.63, 3.8) is 0 Å². The molecular formula is C17H16ClF3N2O3S. The minimum absolute atomic E-state index is 0.112. The van der Waals surface area contributed by atoms with Crippen molar-refractivity contribution in [2.24, 2.45) is 0 Å². The van der Waals surface area contributed by atoms with Crippen molar-refractivity contribution in [2.45, 2.75) is 11.1 Å². The fourth-order valence-electron chi connectivity index (χ4n) is 2.84. The number of nitrogens with zero attached hydrogens (tertiary/aromatic N) is 1. The van der Waals surface area contributed by atoms with Crippen LogP contribution in [0.4, 0.5) is 24.5 Å². The summed E-state index contributed by atoms with van der Waals surface area (Å²) in [7, 11) is -4.49. The number of nitrogens with one attached hydrogen (secondary N) is 1. The molecule has 1 aliphatic rings. The third-order valence-corrected chi connectivity index (χ3v) is 5.77. The van der Waals surface area contributed by atoms with Gasteiger partial charge in [-0.2, -0.15) is 13.2 Å². The molecule has 0 aromatic heterocycles. The van der Waals surface area contributed by atoms with Crippen molar-refractivity contribution in [2.75, 3.05) is 35.9 Å². The molecule has 0 unspecified atom stereocenters. The zero-order valence-corrected chi connectivity index (χ0v) is 15.5. The van der Waals surface area contributed by atoms with E-state index >= 15 is 0 Å². The lowest BCUT2D eigenvalue weighted by Crippen LogP contribution is -2.37. The fourth-order valence-corrected chi connectivity index (χ4v) is 4.43.